The molecule has 7 heteroatoms. The molecule has 1 aliphatic rings. The fourth-order valence-corrected chi connectivity index (χ4v) is 1.76. The maximum Gasteiger partial charge on any atom is 0.310 e. The molecule has 1 heterocycles. The summed E-state index contributed by atoms with van der Waals surface area (Å²) < 4.78 is 0. The van der Waals surface area contributed by atoms with E-state index in [1.54, 1.807) is 0 Å². The minimum Gasteiger partial charge on any atom is -0.481 e. The van der Waals surface area contributed by atoms with Gasteiger partial charge in [-0.05, 0) is 12.8 Å². The van der Waals surface area contributed by atoms with Gasteiger partial charge in [0, 0.05) is 5.41 Å². The van der Waals surface area contributed by atoms with E-state index in [1.165, 1.54) is 0 Å². The van der Waals surface area contributed by atoms with Crippen LogP contribution in [0.4, 0.5) is 5.69 Å². The lowest BCUT2D eigenvalue weighted by Gasteiger charge is -2.08. The summed E-state index contributed by atoms with van der Waals surface area (Å²) in [7, 11) is 0. The Bertz CT molecular complexity index is 421. The number of carboxylic acid groups (broad SMARTS) is 1. The van der Waals surface area contributed by atoms with Crippen molar-refractivity contribution in [1.29, 1.82) is 0 Å². The average Bonchev–Trinajstić information content (AvgIpc) is 2.74. The van der Waals surface area contributed by atoms with Gasteiger partial charge in [0.15, 0.2) is 0 Å². The molecule has 0 amide bonds. The summed E-state index contributed by atoms with van der Waals surface area (Å²) in [4.78, 5) is 20.7. The van der Waals surface area contributed by atoms with E-state index < -0.39 is 16.3 Å². The number of H-pyrrole nitrogens is 1. The Hall–Kier alpha value is -1.92. The number of aliphatic carboxylic acids is 1. The van der Waals surface area contributed by atoms with E-state index in [-0.39, 0.29) is 12.1 Å². The number of hydrogen-bond donors (Lipinski definition) is 2. The molecule has 0 bridgehead atoms. The summed E-state index contributed by atoms with van der Waals surface area (Å²) in [5.41, 5.74) is -0.367. The molecule has 0 unspecified atom stereocenters. The van der Waals surface area contributed by atoms with Gasteiger partial charge in [0.2, 0.25) is 0 Å². The number of carboxylic acids is 1. The Kier molecular flexibility index (Phi) is 1.95. The molecule has 0 spiro atoms. The molecule has 0 aromatic carbocycles. The van der Waals surface area contributed by atoms with Crippen LogP contribution in [0.1, 0.15) is 25.0 Å². The van der Waals surface area contributed by atoms with Gasteiger partial charge in [-0.1, -0.05) is 0 Å². The number of nitrogens with one attached hydrogen (secondary N) is 1. The first-order valence-corrected chi connectivity index (χ1v) is 4.45. The van der Waals surface area contributed by atoms with Gasteiger partial charge in [0.05, 0.1) is 11.3 Å². The molecule has 1 aromatic heterocycles. The Balaban J connectivity index is 2.33. The molecule has 0 saturated heterocycles. The zero-order valence-corrected chi connectivity index (χ0v) is 7.77. The molecule has 1 saturated carbocycles. The second-order valence-corrected chi connectivity index (χ2v) is 3.74. The van der Waals surface area contributed by atoms with Crippen molar-refractivity contribution in [3.63, 3.8) is 0 Å². The first-order chi connectivity index (χ1) is 7.05. The van der Waals surface area contributed by atoms with E-state index in [1.807, 2.05) is 0 Å². The molecule has 0 aliphatic heterocycles. The van der Waals surface area contributed by atoms with Gasteiger partial charge in [-0.2, -0.15) is 5.10 Å². The molecule has 0 radical (unpaired) electrons. The molecule has 2 rings (SSSR count). The third-order valence-corrected chi connectivity index (χ3v) is 2.69. The van der Waals surface area contributed by atoms with Gasteiger partial charge in [-0.3, -0.25) is 20.0 Å². The maximum absolute atomic E-state index is 10.6. The van der Waals surface area contributed by atoms with Gasteiger partial charge >= 0.3 is 11.7 Å². The number of carbonyl (C=O) groups is 1. The maximum atomic E-state index is 10.6. The molecular formula is C8H9N3O4. The van der Waals surface area contributed by atoms with Crippen molar-refractivity contribution >= 4 is 11.7 Å². The molecule has 7 nitrogen and oxygen atoms in total. The molecule has 0 atom stereocenters. The van der Waals surface area contributed by atoms with Crippen LogP contribution in [0.15, 0.2) is 6.20 Å². The van der Waals surface area contributed by atoms with Crippen molar-refractivity contribution in [2.24, 2.45) is 0 Å². The van der Waals surface area contributed by atoms with Crippen LogP contribution in [-0.2, 0) is 10.2 Å². The Morgan fingerprint density at radius 2 is 2.40 bits per heavy atom. The number of rotatable bonds is 4. The van der Waals surface area contributed by atoms with Crippen LogP contribution < -0.4 is 0 Å². The van der Waals surface area contributed by atoms with E-state index in [0.29, 0.717) is 18.5 Å². The van der Waals surface area contributed by atoms with Gasteiger partial charge < -0.3 is 5.11 Å². The van der Waals surface area contributed by atoms with Crippen LogP contribution in [0, 0.1) is 10.1 Å². The topological polar surface area (TPSA) is 109 Å². The zero-order valence-electron chi connectivity index (χ0n) is 7.77. The van der Waals surface area contributed by atoms with Crippen molar-refractivity contribution in [2.75, 3.05) is 0 Å². The zero-order chi connectivity index (χ0) is 11.1. The van der Waals surface area contributed by atoms with Crippen LogP contribution in [0.5, 0.6) is 0 Å². The molecule has 1 aliphatic carbocycles. The molecule has 2 N–H and O–H groups in total. The van der Waals surface area contributed by atoms with Crippen LogP contribution in [0.2, 0.25) is 0 Å². The Morgan fingerprint density at radius 3 is 2.87 bits per heavy atom. The minimum atomic E-state index is -0.948. The number of nitrogens with zero attached hydrogens (tertiary/aromatic N) is 2. The molecule has 1 aromatic rings. The first-order valence-electron chi connectivity index (χ1n) is 4.45. The third kappa shape index (κ3) is 1.56. The van der Waals surface area contributed by atoms with Crippen molar-refractivity contribution in [2.45, 2.75) is 24.7 Å². The summed E-state index contributed by atoms with van der Waals surface area (Å²) >= 11 is 0. The largest absolute Gasteiger partial charge is 0.481 e. The summed E-state index contributed by atoms with van der Waals surface area (Å²) in [5, 5.41) is 25.5. The fraction of sp³-hybridized carbons (Fsp3) is 0.500. The normalized spacial score (nSPS) is 17.3. The fourth-order valence-electron chi connectivity index (χ4n) is 1.76. The highest BCUT2D eigenvalue weighted by molar-refractivity contribution is 5.70. The molecule has 1 fully saturated rings. The predicted octanol–water partition coefficient (Wildman–Crippen LogP) is 0.824. The third-order valence-electron chi connectivity index (χ3n) is 2.69. The second kappa shape index (κ2) is 3.04. The summed E-state index contributed by atoms with van der Waals surface area (Å²) in [5.74, 6) is -0.948. The van der Waals surface area contributed by atoms with Crippen LogP contribution >= 0.6 is 0 Å². The average molecular weight is 211 g/mol. The smallest absolute Gasteiger partial charge is 0.310 e. The van der Waals surface area contributed by atoms with E-state index >= 15 is 0 Å². The minimum absolute atomic E-state index is 0.0873. The quantitative estimate of drug-likeness (QED) is 0.566. The van der Waals surface area contributed by atoms with Gasteiger partial charge in [-0.25, -0.2) is 0 Å². The monoisotopic (exact) mass is 211 g/mol. The summed E-state index contributed by atoms with van der Waals surface area (Å²) in [6.45, 7) is 0. The molecule has 80 valence electrons. The molecular weight excluding hydrogens is 202 g/mol. The van der Waals surface area contributed by atoms with Crippen molar-refractivity contribution in [1.82, 2.24) is 10.2 Å². The highest BCUT2D eigenvalue weighted by atomic mass is 16.6. The number of hydrogen-bond acceptors (Lipinski definition) is 4. The lowest BCUT2D eigenvalue weighted by Crippen LogP contribution is -2.14. The van der Waals surface area contributed by atoms with Gasteiger partial charge in [-0.15, -0.1) is 0 Å². The van der Waals surface area contributed by atoms with E-state index in [4.69, 9.17) is 5.11 Å². The Morgan fingerprint density at radius 1 is 1.73 bits per heavy atom. The van der Waals surface area contributed by atoms with Crippen molar-refractivity contribution in [3.8, 4) is 0 Å². The highest BCUT2D eigenvalue weighted by Gasteiger charge is 2.51. The number of aromatic amines is 1. The predicted molar refractivity (Wildman–Crippen MR) is 48.4 cm³/mol. The van der Waals surface area contributed by atoms with E-state index in [2.05, 4.69) is 10.2 Å². The van der Waals surface area contributed by atoms with E-state index in [0.717, 1.165) is 6.20 Å². The Labute approximate surface area is 84.3 Å². The summed E-state index contributed by atoms with van der Waals surface area (Å²) in [6, 6.07) is 0. The number of nitro groups is 1. The lowest BCUT2D eigenvalue weighted by molar-refractivity contribution is -0.385. The van der Waals surface area contributed by atoms with Gasteiger partial charge in [0.1, 0.15) is 11.9 Å². The second-order valence-electron chi connectivity index (χ2n) is 3.74. The van der Waals surface area contributed by atoms with Crippen molar-refractivity contribution in [3.05, 3.63) is 22.0 Å². The van der Waals surface area contributed by atoms with Gasteiger partial charge in [0.25, 0.3) is 0 Å². The SMILES string of the molecule is O=C(O)CC1(c2[nH]ncc2[N+](=O)[O-])CC1. The first kappa shape index (κ1) is 9.63. The van der Waals surface area contributed by atoms with Crippen LogP contribution in [0.3, 0.4) is 0 Å². The highest BCUT2D eigenvalue weighted by Crippen LogP contribution is 2.52. The molecule has 15 heavy (non-hydrogen) atoms. The van der Waals surface area contributed by atoms with Crippen LogP contribution in [-0.4, -0.2) is 26.2 Å². The van der Waals surface area contributed by atoms with Crippen LogP contribution in [0.25, 0.3) is 0 Å². The van der Waals surface area contributed by atoms with E-state index in [9.17, 15) is 14.9 Å². The standard InChI is InChI=1S/C8H9N3O4/c12-6(13)3-8(1-2-8)7-5(11(14)15)4-9-10-7/h4H,1-3H2,(H,9,10)(H,12,13). The lowest BCUT2D eigenvalue weighted by atomic mass is 9.97. The summed E-state index contributed by atoms with van der Waals surface area (Å²) in [6.07, 6.45) is 2.35. The number of aromatic nitrogens is 2. The van der Waals surface area contributed by atoms with Crippen molar-refractivity contribution < 1.29 is 14.8 Å².